The second-order valence-corrected chi connectivity index (χ2v) is 4.31. The third-order valence-corrected chi connectivity index (χ3v) is 2.78. The van der Waals surface area contributed by atoms with E-state index in [2.05, 4.69) is 15.3 Å². The summed E-state index contributed by atoms with van der Waals surface area (Å²) < 4.78 is 0. The third-order valence-electron chi connectivity index (χ3n) is 2.78. The van der Waals surface area contributed by atoms with Crippen LogP contribution in [0.4, 0.5) is 0 Å². The van der Waals surface area contributed by atoms with Crippen LogP contribution in [0.1, 0.15) is 17.7 Å². The van der Waals surface area contributed by atoms with E-state index in [1.165, 1.54) is 5.56 Å². The number of carbonyl (C=O) groups is 1. The summed E-state index contributed by atoms with van der Waals surface area (Å²) in [6.07, 6.45) is 7.50. The fourth-order valence-electron chi connectivity index (χ4n) is 1.80. The lowest BCUT2D eigenvalue weighted by atomic mass is 10.1. The van der Waals surface area contributed by atoms with Gasteiger partial charge in [0.1, 0.15) is 0 Å². The quantitative estimate of drug-likeness (QED) is 0.800. The minimum absolute atomic E-state index is 0.0217. The number of aromatic nitrogens is 2. The first kappa shape index (κ1) is 13.2. The predicted octanol–water partition coefficient (Wildman–Crippen LogP) is 1.77. The molecule has 19 heavy (non-hydrogen) atoms. The Hall–Kier alpha value is -2.23. The maximum atomic E-state index is 11.7. The van der Waals surface area contributed by atoms with Crippen LogP contribution >= 0.6 is 0 Å². The number of rotatable bonds is 6. The number of pyridine rings is 2. The molecule has 0 aromatic carbocycles. The summed E-state index contributed by atoms with van der Waals surface area (Å²) in [7, 11) is 0. The number of nitrogens with zero attached hydrogens (tertiary/aromatic N) is 2. The van der Waals surface area contributed by atoms with Crippen molar-refractivity contribution in [2.45, 2.75) is 19.3 Å². The molecule has 0 saturated carbocycles. The van der Waals surface area contributed by atoms with E-state index in [4.69, 9.17) is 0 Å². The second-order valence-electron chi connectivity index (χ2n) is 4.31. The van der Waals surface area contributed by atoms with Crippen LogP contribution in [-0.4, -0.2) is 22.4 Å². The maximum absolute atomic E-state index is 11.7. The Labute approximate surface area is 112 Å². The molecule has 0 bridgehead atoms. The van der Waals surface area contributed by atoms with E-state index < -0.39 is 0 Å². The van der Waals surface area contributed by atoms with E-state index in [0.29, 0.717) is 13.0 Å². The highest BCUT2D eigenvalue weighted by atomic mass is 16.1. The van der Waals surface area contributed by atoms with Gasteiger partial charge < -0.3 is 5.32 Å². The van der Waals surface area contributed by atoms with E-state index in [-0.39, 0.29) is 5.91 Å². The van der Waals surface area contributed by atoms with Gasteiger partial charge in [0, 0.05) is 30.8 Å². The Bertz CT molecular complexity index is 499. The Morgan fingerprint density at radius 3 is 2.68 bits per heavy atom. The van der Waals surface area contributed by atoms with Crippen molar-refractivity contribution >= 4 is 5.91 Å². The van der Waals surface area contributed by atoms with Gasteiger partial charge in [-0.1, -0.05) is 6.07 Å². The molecule has 0 fully saturated rings. The molecule has 0 unspecified atom stereocenters. The van der Waals surface area contributed by atoms with Crippen molar-refractivity contribution in [1.29, 1.82) is 0 Å². The summed E-state index contributed by atoms with van der Waals surface area (Å²) in [6.45, 7) is 0.688. The number of amides is 1. The first-order chi connectivity index (χ1) is 9.34. The highest BCUT2D eigenvalue weighted by molar-refractivity contribution is 5.77. The maximum Gasteiger partial charge on any atom is 0.226 e. The summed E-state index contributed by atoms with van der Waals surface area (Å²) in [5.41, 5.74) is 2.04. The molecule has 2 aromatic rings. The average molecular weight is 255 g/mol. The number of hydrogen-bond donors (Lipinski definition) is 1. The largest absolute Gasteiger partial charge is 0.356 e. The van der Waals surface area contributed by atoms with Crippen LogP contribution in [0.3, 0.4) is 0 Å². The minimum Gasteiger partial charge on any atom is -0.356 e. The monoisotopic (exact) mass is 255 g/mol. The zero-order valence-electron chi connectivity index (χ0n) is 10.7. The number of aryl methyl sites for hydroxylation is 1. The van der Waals surface area contributed by atoms with Crippen LogP contribution in [0.25, 0.3) is 0 Å². The van der Waals surface area contributed by atoms with Crippen molar-refractivity contribution < 1.29 is 4.79 Å². The van der Waals surface area contributed by atoms with Gasteiger partial charge in [0.15, 0.2) is 0 Å². The molecule has 98 valence electrons. The third kappa shape index (κ3) is 4.87. The van der Waals surface area contributed by atoms with E-state index >= 15 is 0 Å². The summed E-state index contributed by atoms with van der Waals surface area (Å²) in [6, 6.07) is 9.58. The average Bonchev–Trinajstić information content (AvgIpc) is 2.46. The van der Waals surface area contributed by atoms with Crippen molar-refractivity contribution in [1.82, 2.24) is 15.3 Å². The number of nitrogens with one attached hydrogen (secondary N) is 1. The van der Waals surface area contributed by atoms with Crippen LogP contribution in [0.15, 0.2) is 48.9 Å². The van der Waals surface area contributed by atoms with Crippen molar-refractivity contribution in [3.05, 3.63) is 60.2 Å². The molecule has 0 saturated heterocycles. The Kier molecular flexibility index (Phi) is 5.05. The van der Waals surface area contributed by atoms with Gasteiger partial charge in [-0.3, -0.25) is 14.8 Å². The van der Waals surface area contributed by atoms with E-state index in [1.54, 1.807) is 18.6 Å². The van der Waals surface area contributed by atoms with Crippen LogP contribution in [0.5, 0.6) is 0 Å². The molecule has 4 heteroatoms. The molecule has 1 amide bonds. The van der Waals surface area contributed by atoms with Crippen LogP contribution in [-0.2, 0) is 17.6 Å². The van der Waals surface area contributed by atoms with Crippen molar-refractivity contribution in [2.24, 2.45) is 0 Å². The second kappa shape index (κ2) is 7.26. The van der Waals surface area contributed by atoms with Crippen molar-refractivity contribution in [3.63, 3.8) is 0 Å². The standard InChI is InChI=1S/C15H17N3O/c19-15(12-14-5-1-2-8-17-14)18-9-3-4-13-6-10-16-11-7-13/h1-2,5-8,10-11H,3-4,9,12H2,(H,18,19). The van der Waals surface area contributed by atoms with Gasteiger partial charge >= 0.3 is 0 Å². The molecule has 4 nitrogen and oxygen atoms in total. The summed E-state index contributed by atoms with van der Waals surface area (Å²) in [5.74, 6) is 0.0217. The molecule has 2 aromatic heterocycles. The number of carbonyl (C=O) groups excluding carboxylic acids is 1. The lowest BCUT2D eigenvalue weighted by molar-refractivity contribution is -0.120. The zero-order chi connectivity index (χ0) is 13.3. The summed E-state index contributed by atoms with van der Waals surface area (Å²) in [4.78, 5) is 19.8. The highest BCUT2D eigenvalue weighted by Gasteiger charge is 2.02. The molecular weight excluding hydrogens is 238 g/mol. The Balaban J connectivity index is 1.65. The molecule has 2 heterocycles. The molecule has 2 rings (SSSR count). The fraction of sp³-hybridized carbons (Fsp3) is 0.267. The Morgan fingerprint density at radius 1 is 1.11 bits per heavy atom. The normalized spacial score (nSPS) is 10.1. The molecule has 0 spiro atoms. The minimum atomic E-state index is 0.0217. The molecule has 0 aliphatic carbocycles. The topological polar surface area (TPSA) is 54.9 Å². The predicted molar refractivity (Wildman–Crippen MR) is 73.5 cm³/mol. The number of hydrogen-bond acceptors (Lipinski definition) is 3. The molecule has 0 aliphatic heterocycles. The van der Waals surface area contributed by atoms with Crippen molar-refractivity contribution in [3.8, 4) is 0 Å². The van der Waals surface area contributed by atoms with Gasteiger partial charge in [-0.05, 0) is 42.7 Å². The lowest BCUT2D eigenvalue weighted by Gasteiger charge is -2.05. The SMILES string of the molecule is O=C(Cc1ccccn1)NCCCc1ccncc1. The molecule has 0 atom stereocenters. The zero-order valence-corrected chi connectivity index (χ0v) is 10.7. The van der Waals surface area contributed by atoms with E-state index in [1.807, 2.05) is 30.3 Å². The van der Waals surface area contributed by atoms with Gasteiger partial charge in [0.2, 0.25) is 5.91 Å². The van der Waals surface area contributed by atoms with Crippen LogP contribution in [0.2, 0.25) is 0 Å². The van der Waals surface area contributed by atoms with Gasteiger partial charge in [0.05, 0.1) is 6.42 Å². The first-order valence-corrected chi connectivity index (χ1v) is 6.40. The smallest absolute Gasteiger partial charge is 0.226 e. The van der Waals surface area contributed by atoms with E-state index in [9.17, 15) is 4.79 Å². The molecule has 1 N–H and O–H groups in total. The molecule has 0 aliphatic rings. The van der Waals surface area contributed by atoms with E-state index in [0.717, 1.165) is 18.5 Å². The summed E-state index contributed by atoms with van der Waals surface area (Å²) >= 11 is 0. The Morgan fingerprint density at radius 2 is 1.95 bits per heavy atom. The summed E-state index contributed by atoms with van der Waals surface area (Å²) in [5, 5.41) is 2.91. The van der Waals surface area contributed by atoms with Crippen LogP contribution < -0.4 is 5.32 Å². The van der Waals surface area contributed by atoms with Gasteiger partial charge in [-0.2, -0.15) is 0 Å². The molecule has 0 radical (unpaired) electrons. The van der Waals surface area contributed by atoms with Gasteiger partial charge in [-0.15, -0.1) is 0 Å². The first-order valence-electron chi connectivity index (χ1n) is 6.40. The van der Waals surface area contributed by atoms with Gasteiger partial charge in [0.25, 0.3) is 0 Å². The fourth-order valence-corrected chi connectivity index (χ4v) is 1.80. The van der Waals surface area contributed by atoms with Crippen LogP contribution in [0, 0.1) is 0 Å². The van der Waals surface area contributed by atoms with Crippen molar-refractivity contribution in [2.75, 3.05) is 6.54 Å². The lowest BCUT2D eigenvalue weighted by Crippen LogP contribution is -2.26. The highest BCUT2D eigenvalue weighted by Crippen LogP contribution is 2.00. The molecular formula is C15H17N3O. The van der Waals surface area contributed by atoms with Gasteiger partial charge in [-0.25, -0.2) is 0 Å².